The number of likely N-dealkylation sites (tertiary alicyclic amines) is 1. The van der Waals surface area contributed by atoms with Crippen molar-refractivity contribution in [2.45, 2.75) is 52.1 Å². The third kappa shape index (κ3) is 3.44. The Kier molecular flexibility index (Phi) is 4.98. The van der Waals surface area contributed by atoms with E-state index in [9.17, 15) is 9.59 Å². The zero-order valence-corrected chi connectivity index (χ0v) is 16.3. The van der Waals surface area contributed by atoms with Crippen molar-refractivity contribution in [1.82, 2.24) is 24.6 Å². The van der Waals surface area contributed by atoms with Crippen LogP contribution in [0.15, 0.2) is 35.1 Å². The van der Waals surface area contributed by atoms with Crippen molar-refractivity contribution in [3.8, 4) is 0 Å². The molecule has 1 unspecified atom stereocenters. The zero-order chi connectivity index (χ0) is 19.7. The average molecular weight is 379 g/mol. The van der Waals surface area contributed by atoms with Crippen LogP contribution in [0.5, 0.6) is 0 Å². The van der Waals surface area contributed by atoms with Gasteiger partial charge < -0.3 is 9.88 Å². The van der Waals surface area contributed by atoms with Crippen LogP contribution in [0.25, 0.3) is 11.0 Å². The first-order valence-electron chi connectivity index (χ1n) is 9.92. The summed E-state index contributed by atoms with van der Waals surface area (Å²) in [5.74, 6) is 0.662. The van der Waals surface area contributed by atoms with Gasteiger partial charge in [-0.25, -0.2) is 9.67 Å². The zero-order valence-electron chi connectivity index (χ0n) is 16.3. The fourth-order valence-electron chi connectivity index (χ4n) is 3.77. The van der Waals surface area contributed by atoms with E-state index in [0.29, 0.717) is 18.8 Å². The van der Waals surface area contributed by atoms with Crippen molar-refractivity contribution in [3.63, 3.8) is 0 Å². The molecule has 0 spiro atoms. The summed E-state index contributed by atoms with van der Waals surface area (Å²) in [6, 6.07) is 8.97. The van der Waals surface area contributed by atoms with E-state index < -0.39 is 0 Å². The summed E-state index contributed by atoms with van der Waals surface area (Å²) in [4.78, 5) is 35.1. The number of fused-ring (bicyclic) bond motifs is 1. The lowest BCUT2D eigenvalue weighted by Gasteiger charge is -2.23. The molecule has 1 amide bonds. The van der Waals surface area contributed by atoms with Crippen LogP contribution in [-0.2, 0) is 6.54 Å². The van der Waals surface area contributed by atoms with Crippen LogP contribution < -0.4 is 5.56 Å². The van der Waals surface area contributed by atoms with Gasteiger partial charge in [0, 0.05) is 19.2 Å². The van der Waals surface area contributed by atoms with Crippen molar-refractivity contribution in [1.29, 1.82) is 0 Å². The van der Waals surface area contributed by atoms with E-state index in [1.54, 1.807) is 0 Å². The van der Waals surface area contributed by atoms with Crippen molar-refractivity contribution in [2.24, 2.45) is 0 Å². The Labute approximate surface area is 163 Å². The van der Waals surface area contributed by atoms with Crippen LogP contribution in [0.1, 0.15) is 60.5 Å². The lowest BCUT2D eigenvalue weighted by atomic mass is 10.2. The highest BCUT2D eigenvalue weighted by atomic mass is 16.2. The molecule has 0 radical (unpaired) electrons. The summed E-state index contributed by atoms with van der Waals surface area (Å²) in [6.07, 6.45) is 3.60. The molecule has 146 valence electrons. The highest BCUT2D eigenvalue weighted by Crippen LogP contribution is 2.32. The molecule has 0 bridgehead atoms. The maximum Gasteiger partial charge on any atom is 0.274 e. The van der Waals surface area contributed by atoms with Crippen LogP contribution in [0, 0.1) is 6.92 Å². The van der Waals surface area contributed by atoms with Gasteiger partial charge in [-0.05, 0) is 49.9 Å². The molecule has 1 atom stereocenters. The molecule has 1 saturated heterocycles. The number of carbonyl (C=O) groups excluding carboxylic acids is 1. The van der Waals surface area contributed by atoms with E-state index >= 15 is 0 Å². The Morgan fingerprint density at radius 2 is 2.14 bits per heavy atom. The normalized spacial score (nSPS) is 16.8. The summed E-state index contributed by atoms with van der Waals surface area (Å²) >= 11 is 0. The summed E-state index contributed by atoms with van der Waals surface area (Å²) in [5, 5.41) is 4.32. The third-order valence-electron chi connectivity index (χ3n) is 5.29. The molecule has 1 fully saturated rings. The van der Waals surface area contributed by atoms with Crippen LogP contribution in [0.2, 0.25) is 0 Å². The van der Waals surface area contributed by atoms with Crippen LogP contribution in [0.4, 0.5) is 0 Å². The SMILES string of the molecule is CCCCn1nc(C(=O)N2CCCC2c2nc3ccc(C)cc3[nH]2)ccc1=O. The van der Waals surface area contributed by atoms with Gasteiger partial charge in [-0.3, -0.25) is 9.59 Å². The van der Waals surface area contributed by atoms with Gasteiger partial charge in [-0.1, -0.05) is 19.4 Å². The number of hydrogen-bond donors (Lipinski definition) is 1. The van der Waals surface area contributed by atoms with Crippen molar-refractivity contribution >= 4 is 16.9 Å². The lowest BCUT2D eigenvalue weighted by Crippen LogP contribution is -2.34. The molecule has 1 aromatic carbocycles. The predicted molar refractivity (Wildman–Crippen MR) is 107 cm³/mol. The van der Waals surface area contributed by atoms with Gasteiger partial charge in [0.05, 0.1) is 17.1 Å². The highest BCUT2D eigenvalue weighted by Gasteiger charge is 2.33. The molecule has 1 aliphatic rings. The number of H-pyrrole nitrogens is 1. The Balaban J connectivity index is 1.62. The van der Waals surface area contributed by atoms with Gasteiger partial charge in [-0.2, -0.15) is 5.10 Å². The average Bonchev–Trinajstić information content (AvgIpc) is 3.33. The van der Waals surface area contributed by atoms with Gasteiger partial charge in [0.25, 0.3) is 11.5 Å². The largest absolute Gasteiger partial charge is 0.340 e. The molecular weight excluding hydrogens is 354 g/mol. The number of aromatic amines is 1. The molecule has 0 aliphatic carbocycles. The van der Waals surface area contributed by atoms with E-state index in [1.807, 2.05) is 24.0 Å². The highest BCUT2D eigenvalue weighted by molar-refractivity contribution is 5.92. The Morgan fingerprint density at radius 1 is 1.29 bits per heavy atom. The first kappa shape index (κ1) is 18.4. The van der Waals surface area contributed by atoms with Gasteiger partial charge in [0.15, 0.2) is 0 Å². The number of imidazole rings is 1. The second-order valence-electron chi connectivity index (χ2n) is 7.43. The molecule has 7 heteroatoms. The summed E-state index contributed by atoms with van der Waals surface area (Å²) in [5.41, 5.74) is 3.21. The molecule has 0 saturated carbocycles. The minimum absolute atomic E-state index is 0.0991. The number of aromatic nitrogens is 4. The number of benzene rings is 1. The quantitative estimate of drug-likeness (QED) is 0.738. The Hall–Kier alpha value is -2.96. The van der Waals surface area contributed by atoms with Gasteiger partial charge >= 0.3 is 0 Å². The number of aryl methyl sites for hydroxylation is 2. The maximum absolute atomic E-state index is 13.1. The summed E-state index contributed by atoms with van der Waals surface area (Å²) < 4.78 is 1.39. The number of hydrogen-bond acceptors (Lipinski definition) is 4. The van der Waals surface area contributed by atoms with Crippen molar-refractivity contribution < 1.29 is 4.79 Å². The molecule has 1 N–H and O–H groups in total. The molecular formula is C21H25N5O2. The van der Waals surface area contributed by atoms with E-state index in [1.165, 1.54) is 22.4 Å². The molecule has 4 rings (SSSR count). The fraction of sp³-hybridized carbons (Fsp3) is 0.429. The van der Waals surface area contributed by atoms with Gasteiger partial charge in [0.1, 0.15) is 11.5 Å². The molecule has 2 aromatic heterocycles. The van der Waals surface area contributed by atoms with E-state index in [0.717, 1.165) is 42.5 Å². The first-order chi connectivity index (χ1) is 13.6. The first-order valence-corrected chi connectivity index (χ1v) is 9.92. The number of rotatable bonds is 5. The number of nitrogens with zero attached hydrogens (tertiary/aromatic N) is 4. The Bertz CT molecular complexity index is 1070. The molecule has 7 nitrogen and oxygen atoms in total. The third-order valence-corrected chi connectivity index (χ3v) is 5.29. The summed E-state index contributed by atoms with van der Waals surface area (Å²) in [7, 11) is 0. The van der Waals surface area contributed by atoms with E-state index in [4.69, 9.17) is 4.98 Å². The van der Waals surface area contributed by atoms with Gasteiger partial charge in [0.2, 0.25) is 0 Å². The number of nitrogens with one attached hydrogen (secondary N) is 1. The number of amides is 1. The van der Waals surface area contributed by atoms with Crippen molar-refractivity contribution in [3.05, 3.63) is 57.8 Å². The monoisotopic (exact) mass is 379 g/mol. The van der Waals surface area contributed by atoms with Gasteiger partial charge in [-0.15, -0.1) is 0 Å². The summed E-state index contributed by atoms with van der Waals surface area (Å²) in [6.45, 7) is 5.30. The standard InChI is InChI=1S/C21H25N5O2/c1-3-4-12-26-19(27)10-9-16(24-26)21(28)25-11-5-6-18(25)20-22-15-8-7-14(2)13-17(15)23-20/h7-10,13,18H,3-6,11-12H2,1-2H3,(H,22,23). The minimum atomic E-state index is -0.171. The van der Waals surface area contributed by atoms with E-state index in [2.05, 4.69) is 23.1 Å². The number of carbonyl (C=O) groups is 1. The second-order valence-corrected chi connectivity index (χ2v) is 7.43. The number of unbranched alkanes of at least 4 members (excludes halogenated alkanes) is 1. The van der Waals surface area contributed by atoms with Crippen LogP contribution >= 0.6 is 0 Å². The predicted octanol–water partition coefficient (Wildman–Crippen LogP) is 3.21. The molecule has 28 heavy (non-hydrogen) atoms. The minimum Gasteiger partial charge on any atom is -0.340 e. The molecule has 3 aromatic rings. The molecule has 1 aliphatic heterocycles. The lowest BCUT2D eigenvalue weighted by molar-refractivity contribution is 0.0721. The Morgan fingerprint density at radius 3 is 2.96 bits per heavy atom. The van der Waals surface area contributed by atoms with Crippen molar-refractivity contribution in [2.75, 3.05) is 6.54 Å². The van der Waals surface area contributed by atoms with E-state index in [-0.39, 0.29) is 17.5 Å². The fourth-order valence-corrected chi connectivity index (χ4v) is 3.77. The maximum atomic E-state index is 13.1. The van der Waals surface area contributed by atoms with Crippen LogP contribution in [0.3, 0.4) is 0 Å². The topological polar surface area (TPSA) is 83.9 Å². The smallest absolute Gasteiger partial charge is 0.274 e. The molecule has 3 heterocycles. The van der Waals surface area contributed by atoms with Crippen LogP contribution in [-0.4, -0.2) is 37.1 Å². The second kappa shape index (κ2) is 7.58.